The molecule has 2 aliphatic rings. The minimum atomic E-state index is -0.952. The molecule has 14 heavy (non-hydrogen) atoms. The highest BCUT2D eigenvalue weighted by Gasteiger charge is 2.55. The number of hydrogen-bond acceptors (Lipinski definition) is 5. The number of hydrogen-bond donors (Lipinski definition) is 4. The third-order valence-corrected chi connectivity index (χ3v) is 3.52. The molecular weight excluding hydrogens is 186 g/mol. The molecule has 2 fully saturated rings. The molecule has 5 nitrogen and oxygen atoms in total. The van der Waals surface area contributed by atoms with Crippen LogP contribution in [0, 0.1) is 5.92 Å². The van der Waals surface area contributed by atoms with E-state index >= 15 is 0 Å². The summed E-state index contributed by atoms with van der Waals surface area (Å²) in [5.74, 6) is 0.0798. The zero-order valence-electron chi connectivity index (χ0n) is 8.11. The summed E-state index contributed by atoms with van der Waals surface area (Å²) in [6.45, 7) is 2.33. The standard InChI is InChI=1S/C9H17NO4/c1-4-2-10-5(3-11)8(13)9(14)6(10)7(4)12/h4-9,11-14H,2-3H2,1H3/t4-,5-,6+,7+,8+,9+/m0/s1. The maximum absolute atomic E-state index is 9.77. The molecule has 2 aliphatic heterocycles. The van der Waals surface area contributed by atoms with E-state index in [1.807, 2.05) is 11.8 Å². The van der Waals surface area contributed by atoms with Crippen LogP contribution in [0.5, 0.6) is 0 Å². The second kappa shape index (κ2) is 3.43. The van der Waals surface area contributed by atoms with Crippen molar-refractivity contribution in [2.45, 2.75) is 37.3 Å². The first-order chi connectivity index (χ1) is 6.57. The fraction of sp³-hybridized carbons (Fsp3) is 1.00. The molecule has 4 N–H and O–H groups in total. The summed E-state index contributed by atoms with van der Waals surface area (Å²) in [6.07, 6.45) is -2.52. The summed E-state index contributed by atoms with van der Waals surface area (Å²) in [6, 6.07) is -0.855. The van der Waals surface area contributed by atoms with E-state index in [4.69, 9.17) is 5.11 Å². The first kappa shape index (κ1) is 10.3. The Hall–Kier alpha value is -0.200. The lowest BCUT2D eigenvalue weighted by molar-refractivity contribution is -0.00774. The van der Waals surface area contributed by atoms with Gasteiger partial charge in [0.15, 0.2) is 0 Å². The topological polar surface area (TPSA) is 84.2 Å². The number of rotatable bonds is 1. The van der Waals surface area contributed by atoms with Crippen LogP contribution in [0.3, 0.4) is 0 Å². The number of aliphatic hydroxyl groups excluding tert-OH is 4. The highest BCUT2D eigenvalue weighted by molar-refractivity contribution is 5.08. The van der Waals surface area contributed by atoms with Gasteiger partial charge in [0.2, 0.25) is 0 Å². The molecule has 0 aromatic heterocycles. The second-order valence-electron chi connectivity index (χ2n) is 4.39. The fourth-order valence-electron chi connectivity index (χ4n) is 2.69. The molecule has 82 valence electrons. The van der Waals surface area contributed by atoms with Gasteiger partial charge in [0.25, 0.3) is 0 Å². The Bertz CT molecular complexity index is 225. The second-order valence-corrected chi connectivity index (χ2v) is 4.39. The molecule has 0 aliphatic carbocycles. The Kier molecular flexibility index (Phi) is 2.53. The Morgan fingerprint density at radius 1 is 1.14 bits per heavy atom. The van der Waals surface area contributed by atoms with Crippen LogP contribution in [0.15, 0.2) is 0 Å². The Labute approximate surface area is 82.6 Å². The molecule has 2 saturated heterocycles. The van der Waals surface area contributed by atoms with Gasteiger partial charge in [0.05, 0.1) is 37.0 Å². The zero-order valence-corrected chi connectivity index (χ0v) is 8.11. The highest BCUT2D eigenvalue weighted by atomic mass is 16.3. The van der Waals surface area contributed by atoms with Crippen molar-refractivity contribution in [1.82, 2.24) is 4.90 Å². The van der Waals surface area contributed by atoms with Gasteiger partial charge in [-0.2, -0.15) is 0 Å². The van der Waals surface area contributed by atoms with Crippen LogP contribution in [0.1, 0.15) is 6.92 Å². The molecule has 0 unspecified atom stereocenters. The summed E-state index contributed by atoms with van der Waals surface area (Å²) >= 11 is 0. The predicted octanol–water partition coefficient (Wildman–Crippen LogP) is -2.24. The molecule has 2 rings (SSSR count). The zero-order chi connectivity index (χ0) is 10.5. The van der Waals surface area contributed by atoms with Gasteiger partial charge in [0.1, 0.15) is 0 Å². The van der Waals surface area contributed by atoms with E-state index in [-0.39, 0.29) is 12.5 Å². The molecular formula is C9H17NO4. The van der Waals surface area contributed by atoms with Gasteiger partial charge < -0.3 is 20.4 Å². The summed E-state index contributed by atoms with van der Waals surface area (Å²) in [5, 5.41) is 38.2. The van der Waals surface area contributed by atoms with E-state index in [2.05, 4.69) is 0 Å². The molecule has 0 spiro atoms. The Morgan fingerprint density at radius 2 is 1.79 bits per heavy atom. The third kappa shape index (κ3) is 1.20. The summed E-state index contributed by atoms with van der Waals surface area (Å²) in [4.78, 5) is 1.81. The number of aliphatic hydroxyl groups is 4. The highest BCUT2D eigenvalue weighted by Crippen LogP contribution is 2.35. The van der Waals surface area contributed by atoms with Gasteiger partial charge >= 0.3 is 0 Å². The van der Waals surface area contributed by atoms with Crippen LogP contribution in [0.4, 0.5) is 0 Å². The van der Waals surface area contributed by atoms with E-state index in [0.717, 1.165) is 0 Å². The first-order valence-corrected chi connectivity index (χ1v) is 4.98. The van der Waals surface area contributed by atoms with Crippen molar-refractivity contribution in [1.29, 1.82) is 0 Å². The predicted molar refractivity (Wildman–Crippen MR) is 48.6 cm³/mol. The molecule has 0 bridgehead atoms. The quantitative estimate of drug-likeness (QED) is 0.387. The maximum Gasteiger partial charge on any atom is 0.0995 e. The minimum absolute atomic E-state index is 0.0798. The van der Waals surface area contributed by atoms with E-state index in [0.29, 0.717) is 6.54 Å². The normalized spacial score (nSPS) is 53.8. The molecule has 0 aromatic rings. The van der Waals surface area contributed by atoms with Gasteiger partial charge in [0, 0.05) is 6.54 Å². The van der Waals surface area contributed by atoms with Crippen molar-refractivity contribution in [3.05, 3.63) is 0 Å². The van der Waals surface area contributed by atoms with Crippen LogP contribution in [0.2, 0.25) is 0 Å². The molecule has 0 amide bonds. The molecule has 0 radical (unpaired) electrons. The molecule has 0 aromatic carbocycles. The number of fused-ring (bicyclic) bond motifs is 1. The van der Waals surface area contributed by atoms with Gasteiger partial charge in [-0.1, -0.05) is 6.92 Å². The van der Waals surface area contributed by atoms with Crippen molar-refractivity contribution in [2.75, 3.05) is 13.2 Å². The van der Waals surface area contributed by atoms with Crippen molar-refractivity contribution < 1.29 is 20.4 Å². The lowest BCUT2D eigenvalue weighted by Crippen LogP contribution is -2.39. The average molecular weight is 203 g/mol. The van der Waals surface area contributed by atoms with Crippen molar-refractivity contribution >= 4 is 0 Å². The Morgan fingerprint density at radius 3 is 2.36 bits per heavy atom. The van der Waals surface area contributed by atoms with E-state index < -0.39 is 30.4 Å². The first-order valence-electron chi connectivity index (χ1n) is 4.98. The summed E-state index contributed by atoms with van der Waals surface area (Å²) in [7, 11) is 0. The van der Waals surface area contributed by atoms with Crippen LogP contribution in [-0.4, -0.2) is 68.9 Å². The summed E-state index contributed by atoms with van der Waals surface area (Å²) in [5.41, 5.74) is 0. The van der Waals surface area contributed by atoms with E-state index in [1.54, 1.807) is 0 Å². The smallest absolute Gasteiger partial charge is 0.0995 e. The van der Waals surface area contributed by atoms with Gasteiger partial charge in [-0.25, -0.2) is 0 Å². The van der Waals surface area contributed by atoms with Gasteiger partial charge in [-0.3, -0.25) is 4.90 Å². The van der Waals surface area contributed by atoms with Gasteiger partial charge in [-0.05, 0) is 5.92 Å². The average Bonchev–Trinajstić information content (AvgIpc) is 2.54. The van der Waals surface area contributed by atoms with E-state index in [1.165, 1.54) is 0 Å². The SMILES string of the molecule is C[C@H]1CN2[C@@H]([C@@H](O)[C@H](O)[C@@H]2CO)[C@@H]1O. The molecule has 5 heteroatoms. The largest absolute Gasteiger partial charge is 0.395 e. The monoisotopic (exact) mass is 203 g/mol. The third-order valence-electron chi connectivity index (χ3n) is 3.52. The van der Waals surface area contributed by atoms with Crippen LogP contribution < -0.4 is 0 Å². The minimum Gasteiger partial charge on any atom is -0.395 e. The van der Waals surface area contributed by atoms with Crippen molar-refractivity contribution in [3.8, 4) is 0 Å². The fourth-order valence-corrected chi connectivity index (χ4v) is 2.69. The van der Waals surface area contributed by atoms with Crippen LogP contribution >= 0.6 is 0 Å². The van der Waals surface area contributed by atoms with Crippen LogP contribution in [0.25, 0.3) is 0 Å². The molecule has 6 atom stereocenters. The molecule has 2 heterocycles. The van der Waals surface area contributed by atoms with E-state index in [9.17, 15) is 15.3 Å². The van der Waals surface area contributed by atoms with Crippen molar-refractivity contribution in [3.63, 3.8) is 0 Å². The van der Waals surface area contributed by atoms with Gasteiger partial charge in [-0.15, -0.1) is 0 Å². The maximum atomic E-state index is 9.77. The van der Waals surface area contributed by atoms with Crippen molar-refractivity contribution in [2.24, 2.45) is 5.92 Å². The summed E-state index contributed by atoms with van der Waals surface area (Å²) < 4.78 is 0. The lowest BCUT2D eigenvalue weighted by atomic mass is 9.97. The Balaban J connectivity index is 2.21. The molecule has 0 saturated carbocycles. The number of nitrogens with zero attached hydrogens (tertiary/aromatic N) is 1. The lowest BCUT2D eigenvalue weighted by Gasteiger charge is -2.22. The van der Waals surface area contributed by atoms with Crippen LogP contribution in [-0.2, 0) is 0 Å².